The fourth-order valence-electron chi connectivity index (χ4n) is 3.34. The number of aromatic nitrogens is 2. The van der Waals surface area contributed by atoms with Gasteiger partial charge in [0.1, 0.15) is 0 Å². The Balaban J connectivity index is 1.45. The highest BCUT2D eigenvalue weighted by atomic mass is 32.2. The van der Waals surface area contributed by atoms with Crippen LogP contribution in [0.15, 0.2) is 52.1 Å². The number of halogens is 3. The third kappa shape index (κ3) is 6.08. The maximum atomic E-state index is 13.2. The van der Waals surface area contributed by atoms with Gasteiger partial charge in [0.15, 0.2) is 0 Å². The molecular formula is C21H18F3N5O5S. The molecule has 2 heterocycles. The van der Waals surface area contributed by atoms with Gasteiger partial charge in [-0.3, -0.25) is 14.9 Å². The summed E-state index contributed by atoms with van der Waals surface area (Å²) in [5, 5.41) is 21.1. The molecule has 3 aromatic rings. The normalized spacial score (nSPS) is 14.1. The number of carbonyl (C=O) groups is 1. The van der Waals surface area contributed by atoms with Gasteiger partial charge in [-0.25, -0.2) is 0 Å². The lowest BCUT2D eigenvalue weighted by Gasteiger charge is -2.31. The molecule has 10 nitrogen and oxygen atoms in total. The molecule has 4 rings (SSSR count). The number of amides is 1. The summed E-state index contributed by atoms with van der Waals surface area (Å²) in [4.78, 5) is 24.8. The number of alkyl halides is 3. The third-order valence-corrected chi connectivity index (χ3v) is 5.81. The van der Waals surface area contributed by atoms with Crippen LogP contribution in [0.2, 0.25) is 0 Å². The summed E-state index contributed by atoms with van der Waals surface area (Å²) < 4.78 is 50.5. The molecule has 1 N–H and O–H groups in total. The second-order valence-electron chi connectivity index (χ2n) is 7.35. The van der Waals surface area contributed by atoms with Crippen molar-refractivity contribution in [1.29, 1.82) is 0 Å². The monoisotopic (exact) mass is 509 g/mol. The maximum absolute atomic E-state index is 13.2. The van der Waals surface area contributed by atoms with Crippen LogP contribution in [0.3, 0.4) is 0 Å². The molecule has 0 unspecified atom stereocenters. The van der Waals surface area contributed by atoms with E-state index in [1.54, 1.807) is 6.07 Å². The second kappa shape index (κ2) is 10.3. The van der Waals surface area contributed by atoms with Crippen LogP contribution in [-0.4, -0.2) is 53.1 Å². The van der Waals surface area contributed by atoms with Crippen LogP contribution in [0.5, 0.6) is 0 Å². The Morgan fingerprint density at radius 2 is 1.94 bits per heavy atom. The van der Waals surface area contributed by atoms with E-state index in [0.717, 1.165) is 23.9 Å². The molecule has 0 saturated carbocycles. The zero-order valence-corrected chi connectivity index (χ0v) is 18.8. The van der Waals surface area contributed by atoms with E-state index in [0.29, 0.717) is 37.6 Å². The Morgan fingerprint density at radius 3 is 2.66 bits per heavy atom. The number of nitrogens with zero attached hydrogens (tertiary/aromatic N) is 4. The molecule has 35 heavy (non-hydrogen) atoms. The summed E-state index contributed by atoms with van der Waals surface area (Å²) in [5.74, 6) is -0.752. The first-order valence-electron chi connectivity index (χ1n) is 10.3. The lowest BCUT2D eigenvalue weighted by molar-refractivity contribution is -0.384. The number of thioether (sulfide) groups is 1. The average molecular weight is 509 g/mol. The van der Waals surface area contributed by atoms with Crippen molar-refractivity contribution in [2.24, 2.45) is 0 Å². The van der Waals surface area contributed by atoms with Crippen molar-refractivity contribution in [3.05, 3.63) is 58.1 Å². The van der Waals surface area contributed by atoms with E-state index in [2.05, 4.69) is 15.5 Å². The van der Waals surface area contributed by atoms with Crippen LogP contribution >= 0.6 is 11.8 Å². The van der Waals surface area contributed by atoms with E-state index in [9.17, 15) is 28.1 Å². The average Bonchev–Trinajstić information content (AvgIpc) is 3.32. The molecule has 1 aliphatic rings. The van der Waals surface area contributed by atoms with Crippen LogP contribution in [0.4, 0.5) is 30.2 Å². The number of nitro benzene ring substituents is 1. The number of carbonyl (C=O) groups excluding carboxylic acids is 1. The predicted molar refractivity (Wildman–Crippen MR) is 120 cm³/mol. The first kappa shape index (κ1) is 24.5. The van der Waals surface area contributed by atoms with Gasteiger partial charge in [-0.1, -0.05) is 17.8 Å². The number of ether oxygens (including phenoxy) is 1. The molecular weight excluding hydrogens is 491 g/mol. The summed E-state index contributed by atoms with van der Waals surface area (Å²) in [6.07, 6.45) is -4.57. The van der Waals surface area contributed by atoms with E-state index in [-0.39, 0.29) is 28.2 Å². The van der Waals surface area contributed by atoms with E-state index < -0.39 is 22.6 Å². The van der Waals surface area contributed by atoms with Crippen LogP contribution in [0.25, 0.3) is 11.5 Å². The van der Waals surface area contributed by atoms with Gasteiger partial charge in [0, 0.05) is 30.8 Å². The predicted octanol–water partition coefficient (Wildman–Crippen LogP) is 4.23. The topological polar surface area (TPSA) is 124 Å². The molecule has 1 aromatic heterocycles. The molecule has 0 radical (unpaired) electrons. The SMILES string of the molecule is O=C(CSc1nnc(-c2cccc([N+](=O)[O-])c2)o1)Nc1cc(C(F)(F)F)ccc1N1CCOCC1. The summed E-state index contributed by atoms with van der Waals surface area (Å²) in [5.41, 5.74) is -0.190. The molecule has 1 saturated heterocycles. The summed E-state index contributed by atoms with van der Waals surface area (Å²) in [7, 11) is 0. The summed E-state index contributed by atoms with van der Waals surface area (Å²) >= 11 is 0.883. The smallest absolute Gasteiger partial charge is 0.411 e. The first-order valence-corrected chi connectivity index (χ1v) is 11.2. The molecule has 184 valence electrons. The number of nitro groups is 1. The maximum Gasteiger partial charge on any atom is 0.416 e. The van der Waals surface area contributed by atoms with Crippen LogP contribution in [0.1, 0.15) is 5.56 Å². The van der Waals surface area contributed by atoms with Gasteiger partial charge in [0.05, 0.1) is 40.8 Å². The van der Waals surface area contributed by atoms with Crippen molar-refractivity contribution in [1.82, 2.24) is 10.2 Å². The number of rotatable bonds is 7. The molecule has 14 heteroatoms. The van der Waals surface area contributed by atoms with E-state index in [1.807, 2.05) is 4.90 Å². The zero-order chi connectivity index (χ0) is 25.0. The van der Waals surface area contributed by atoms with Gasteiger partial charge >= 0.3 is 6.18 Å². The number of benzene rings is 2. The Bertz CT molecular complexity index is 1230. The number of nitrogens with one attached hydrogen (secondary N) is 1. The number of non-ortho nitro benzene ring substituents is 1. The van der Waals surface area contributed by atoms with Crippen molar-refractivity contribution in [3.8, 4) is 11.5 Å². The number of hydrogen-bond acceptors (Lipinski definition) is 9. The summed E-state index contributed by atoms with van der Waals surface area (Å²) in [6, 6.07) is 8.83. The van der Waals surface area contributed by atoms with Gasteiger partial charge in [0.2, 0.25) is 11.8 Å². The molecule has 0 spiro atoms. The molecule has 2 aromatic carbocycles. The van der Waals surface area contributed by atoms with Crippen molar-refractivity contribution in [2.45, 2.75) is 11.4 Å². The minimum Gasteiger partial charge on any atom is -0.411 e. The van der Waals surface area contributed by atoms with E-state index in [4.69, 9.17) is 9.15 Å². The van der Waals surface area contributed by atoms with E-state index >= 15 is 0 Å². The van der Waals surface area contributed by atoms with Crippen LogP contribution < -0.4 is 10.2 Å². The summed E-state index contributed by atoms with van der Waals surface area (Å²) in [6.45, 7) is 1.81. The molecule has 0 aliphatic carbocycles. The van der Waals surface area contributed by atoms with Gasteiger partial charge in [-0.15, -0.1) is 10.2 Å². The van der Waals surface area contributed by atoms with Crippen molar-refractivity contribution < 1.29 is 32.0 Å². The Morgan fingerprint density at radius 1 is 1.17 bits per heavy atom. The fourth-order valence-corrected chi connectivity index (χ4v) is 3.91. The molecule has 1 aliphatic heterocycles. The quantitative estimate of drug-likeness (QED) is 0.283. The van der Waals surface area contributed by atoms with Crippen LogP contribution in [0, 0.1) is 10.1 Å². The van der Waals surface area contributed by atoms with Crippen LogP contribution in [-0.2, 0) is 15.7 Å². The lowest BCUT2D eigenvalue weighted by Crippen LogP contribution is -2.37. The molecule has 0 bridgehead atoms. The standard InChI is InChI=1S/C21H18F3N5O5S/c22-21(23,24)14-4-5-17(28-6-8-33-9-7-28)16(11-14)25-18(30)12-35-20-27-26-19(34-20)13-2-1-3-15(10-13)29(31)32/h1-5,10-11H,6-9,12H2,(H,25,30). The molecule has 1 fully saturated rings. The molecule has 1 amide bonds. The highest BCUT2D eigenvalue weighted by Crippen LogP contribution is 2.36. The highest BCUT2D eigenvalue weighted by Gasteiger charge is 2.32. The van der Waals surface area contributed by atoms with Gasteiger partial charge in [-0.05, 0) is 24.3 Å². The van der Waals surface area contributed by atoms with Crippen molar-refractivity contribution in [3.63, 3.8) is 0 Å². The van der Waals surface area contributed by atoms with Gasteiger partial charge in [0.25, 0.3) is 10.9 Å². The number of morpholine rings is 1. The number of hydrogen-bond donors (Lipinski definition) is 1. The van der Waals surface area contributed by atoms with E-state index in [1.165, 1.54) is 24.3 Å². The zero-order valence-electron chi connectivity index (χ0n) is 17.9. The minimum absolute atomic E-state index is 0.0269. The number of anilines is 2. The lowest BCUT2D eigenvalue weighted by atomic mass is 10.1. The van der Waals surface area contributed by atoms with Gasteiger partial charge in [-0.2, -0.15) is 13.2 Å². The van der Waals surface area contributed by atoms with Crippen molar-refractivity contribution in [2.75, 3.05) is 42.3 Å². The second-order valence-corrected chi connectivity index (χ2v) is 8.27. The fraction of sp³-hybridized carbons (Fsp3) is 0.286. The minimum atomic E-state index is -4.57. The van der Waals surface area contributed by atoms with Gasteiger partial charge < -0.3 is 19.4 Å². The first-order chi connectivity index (χ1) is 16.7. The Labute approximate surface area is 200 Å². The van der Waals surface area contributed by atoms with Crippen molar-refractivity contribution >= 4 is 34.7 Å². The largest absolute Gasteiger partial charge is 0.416 e. The Hall–Kier alpha value is -3.65. The Kier molecular flexibility index (Phi) is 7.21. The molecule has 0 atom stereocenters. The third-order valence-electron chi connectivity index (χ3n) is 4.99. The highest BCUT2D eigenvalue weighted by molar-refractivity contribution is 7.99.